The fraction of sp³-hybridized carbons (Fsp3) is 0.480. The van der Waals surface area contributed by atoms with Crippen LogP contribution >= 0.6 is 0 Å². The quantitative estimate of drug-likeness (QED) is 0.639. The lowest BCUT2D eigenvalue weighted by Crippen LogP contribution is -2.51. The van der Waals surface area contributed by atoms with Crippen LogP contribution in [-0.4, -0.2) is 28.0 Å². The maximum atomic E-state index is 12.8. The molecule has 2 aromatic carbocycles. The zero-order valence-electron chi connectivity index (χ0n) is 17.3. The summed E-state index contributed by atoms with van der Waals surface area (Å²) in [5.74, 6) is -0.921. The van der Waals surface area contributed by atoms with E-state index in [1.807, 2.05) is 24.3 Å². The Morgan fingerprint density at radius 3 is 2.52 bits per heavy atom. The Morgan fingerprint density at radius 1 is 1.10 bits per heavy atom. The Bertz CT molecular complexity index is 956. The topological polar surface area (TPSA) is 57.5 Å². The fourth-order valence-corrected chi connectivity index (χ4v) is 5.79. The maximum Gasteiger partial charge on any atom is 0.389 e. The molecule has 2 aromatic rings. The zero-order chi connectivity index (χ0) is 22.3. The van der Waals surface area contributed by atoms with Gasteiger partial charge in [-0.3, -0.25) is 0 Å². The number of carboxylic acid groups (broad SMARTS) is 1. The lowest BCUT2D eigenvalue weighted by atomic mass is 9.52. The number of halogens is 3. The minimum absolute atomic E-state index is 0.0443. The van der Waals surface area contributed by atoms with Crippen molar-refractivity contribution in [3.8, 4) is 0 Å². The minimum Gasteiger partial charge on any atom is -0.478 e. The monoisotopic (exact) mass is 432 g/mol. The summed E-state index contributed by atoms with van der Waals surface area (Å²) in [4.78, 5) is 11.5. The van der Waals surface area contributed by atoms with Crippen LogP contribution in [-0.2, 0) is 18.3 Å². The molecule has 6 heteroatoms. The van der Waals surface area contributed by atoms with Crippen LogP contribution in [0.25, 0.3) is 0 Å². The average Bonchev–Trinajstić information content (AvgIpc) is 2.73. The Hall–Kier alpha value is -2.34. The molecule has 0 radical (unpaired) electrons. The molecule has 0 spiro atoms. The number of carboxylic acids is 1. The second kappa shape index (κ2) is 7.97. The summed E-state index contributed by atoms with van der Waals surface area (Å²) in [6.45, 7) is 0. The van der Waals surface area contributed by atoms with Crippen LogP contribution in [0.2, 0.25) is 0 Å². The van der Waals surface area contributed by atoms with Crippen molar-refractivity contribution in [3.05, 3.63) is 70.8 Å². The molecule has 2 aliphatic rings. The molecule has 1 unspecified atom stereocenters. The number of aryl methyl sites for hydroxylation is 1. The molecule has 4 rings (SSSR count). The number of carbonyl (C=O) groups is 1. The molecule has 0 amide bonds. The highest BCUT2D eigenvalue weighted by molar-refractivity contribution is 5.88. The number of rotatable bonds is 5. The van der Waals surface area contributed by atoms with Gasteiger partial charge < -0.3 is 10.2 Å². The van der Waals surface area contributed by atoms with Gasteiger partial charge in [0.2, 0.25) is 0 Å². The molecule has 0 heterocycles. The third-order valence-corrected chi connectivity index (χ3v) is 7.33. The predicted octanol–water partition coefficient (Wildman–Crippen LogP) is 5.69. The van der Waals surface area contributed by atoms with Crippen molar-refractivity contribution in [2.75, 3.05) is 0 Å². The number of aromatic carboxylic acids is 1. The van der Waals surface area contributed by atoms with E-state index in [1.165, 1.54) is 0 Å². The first-order valence-corrected chi connectivity index (χ1v) is 10.8. The van der Waals surface area contributed by atoms with Crippen molar-refractivity contribution in [2.24, 2.45) is 5.92 Å². The maximum absolute atomic E-state index is 12.8. The molecule has 0 aromatic heterocycles. The van der Waals surface area contributed by atoms with Gasteiger partial charge in [0, 0.05) is 11.8 Å². The van der Waals surface area contributed by atoms with Crippen molar-refractivity contribution in [3.63, 3.8) is 0 Å². The van der Waals surface area contributed by atoms with E-state index in [2.05, 4.69) is 12.1 Å². The second-order valence-electron chi connectivity index (χ2n) is 9.27. The third-order valence-electron chi connectivity index (χ3n) is 7.33. The largest absolute Gasteiger partial charge is 0.478 e. The van der Waals surface area contributed by atoms with Gasteiger partial charge in [0.1, 0.15) is 0 Å². The second-order valence-corrected chi connectivity index (χ2v) is 9.27. The van der Waals surface area contributed by atoms with E-state index in [0.29, 0.717) is 25.7 Å². The molecule has 1 fully saturated rings. The van der Waals surface area contributed by atoms with Crippen LogP contribution in [0.5, 0.6) is 0 Å². The smallest absolute Gasteiger partial charge is 0.389 e. The first-order valence-electron chi connectivity index (χ1n) is 10.8. The highest BCUT2D eigenvalue weighted by Crippen LogP contribution is 2.55. The first kappa shape index (κ1) is 21.9. The van der Waals surface area contributed by atoms with E-state index in [1.54, 1.807) is 12.1 Å². The normalized spacial score (nSPS) is 27.9. The minimum atomic E-state index is -4.28. The molecule has 0 bridgehead atoms. The van der Waals surface area contributed by atoms with Gasteiger partial charge >= 0.3 is 12.1 Å². The Labute approximate surface area is 179 Å². The molecule has 2 aliphatic carbocycles. The van der Waals surface area contributed by atoms with Crippen molar-refractivity contribution in [2.45, 2.75) is 68.6 Å². The van der Waals surface area contributed by atoms with Crippen molar-refractivity contribution in [1.29, 1.82) is 0 Å². The van der Waals surface area contributed by atoms with E-state index in [4.69, 9.17) is 0 Å². The summed E-state index contributed by atoms with van der Waals surface area (Å²) >= 11 is 0. The number of hydrogen-bond acceptors (Lipinski definition) is 2. The summed E-state index contributed by atoms with van der Waals surface area (Å²) < 4.78 is 38.5. The molecule has 0 saturated heterocycles. The van der Waals surface area contributed by atoms with Crippen LogP contribution in [0, 0.1) is 5.92 Å². The summed E-state index contributed by atoms with van der Waals surface area (Å²) in [6, 6.07) is 15.3. The molecule has 3 atom stereocenters. The standard InChI is InChI=1S/C25H27F3O3/c26-25(27,28)13-11-23(31)10-12-24(15-17-4-2-1-3-5-17)20(16-23)8-6-18-14-19(22(29)30)7-9-21(18)24/h1-5,7,9,14,20,31H,6,8,10-13,15-16H2,(H,29,30)/t20-,23?,24+/m1/s1. The van der Waals surface area contributed by atoms with Crippen LogP contribution in [0.3, 0.4) is 0 Å². The lowest BCUT2D eigenvalue weighted by Gasteiger charge is -2.53. The van der Waals surface area contributed by atoms with Gasteiger partial charge in [-0.25, -0.2) is 4.79 Å². The number of fused-ring (bicyclic) bond motifs is 3. The van der Waals surface area contributed by atoms with E-state index in [9.17, 15) is 28.2 Å². The molecule has 31 heavy (non-hydrogen) atoms. The number of alkyl halides is 3. The Morgan fingerprint density at radius 2 is 1.84 bits per heavy atom. The molecule has 3 nitrogen and oxygen atoms in total. The zero-order valence-corrected chi connectivity index (χ0v) is 17.3. The van der Waals surface area contributed by atoms with Gasteiger partial charge in [-0.1, -0.05) is 36.4 Å². The van der Waals surface area contributed by atoms with Crippen LogP contribution < -0.4 is 0 Å². The van der Waals surface area contributed by atoms with Gasteiger partial charge in [-0.05, 0) is 79.7 Å². The van der Waals surface area contributed by atoms with Gasteiger partial charge in [0.15, 0.2) is 0 Å². The van der Waals surface area contributed by atoms with E-state index < -0.39 is 24.2 Å². The van der Waals surface area contributed by atoms with Crippen molar-refractivity contribution < 1.29 is 28.2 Å². The molecular weight excluding hydrogens is 405 g/mol. The highest BCUT2D eigenvalue weighted by atomic mass is 19.4. The highest BCUT2D eigenvalue weighted by Gasteiger charge is 2.52. The Balaban J connectivity index is 1.70. The predicted molar refractivity (Wildman–Crippen MR) is 111 cm³/mol. The van der Waals surface area contributed by atoms with Gasteiger partial charge in [0.05, 0.1) is 11.2 Å². The van der Waals surface area contributed by atoms with Gasteiger partial charge in [0.25, 0.3) is 0 Å². The molecule has 0 aliphatic heterocycles. The molecule has 1 saturated carbocycles. The SMILES string of the molecule is O=C(O)c1ccc2c(c1)CC[C@@H]1CC(O)(CCC(F)(F)F)CC[C@@]21Cc1ccccc1. The lowest BCUT2D eigenvalue weighted by molar-refractivity contribution is -0.153. The summed E-state index contributed by atoms with van der Waals surface area (Å²) in [5.41, 5.74) is 1.88. The summed E-state index contributed by atoms with van der Waals surface area (Å²) in [5, 5.41) is 20.4. The summed E-state index contributed by atoms with van der Waals surface area (Å²) in [7, 11) is 0. The van der Waals surface area contributed by atoms with Crippen LogP contribution in [0.1, 0.15) is 65.6 Å². The van der Waals surface area contributed by atoms with E-state index in [0.717, 1.165) is 29.5 Å². The molecular formula is C25H27F3O3. The number of hydrogen-bond donors (Lipinski definition) is 2. The van der Waals surface area contributed by atoms with Crippen molar-refractivity contribution in [1.82, 2.24) is 0 Å². The van der Waals surface area contributed by atoms with E-state index in [-0.39, 0.29) is 23.3 Å². The third kappa shape index (κ3) is 4.49. The van der Waals surface area contributed by atoms with Gasteiger partial charge in [-0.2, -0.15) is 13.2 Å². The number of benzene rings is 2. The number of aliphatic hydroxyl groups is 1. The van der Waals surface area contributed by atoms with Crippen LogP contribution in [0.4, 0.5) is 13.2 Å². The van der Waals surface area contributed by atoms with Crippen molar-refractivity contribution >= 4 is 5.97 Å². The average molecular weight is 432 g/mol. The molecule has 2 N–H and O–H groups in total. The Kier molecular flexibility index (Phi) is 5.63. The summed E-state index contributed by atoms with van der Waals surface area (Å²) in [6.07, 6.45) is -2.14. The van der Waals surface area contributed by atoms with Gasteiger partial charge in [-0.15, -0.1) is 0 Å². The van der Waals surface area contributed by atoms with Crippen LogP contribution in [0.15, 0.2) is 48.5 Å². The first-order chi connectivity index (χ1) is 14.6. The fourth-order valence-electron chi connectivity index (χ4n) is 5.79. The van der Waals surface area contributed by atoms with E-state index >= 15 is 0 Å². The molecule has 166 valence electrons.